The molecular formula is C11H18N4O3. The molecule has 1 aromatic rings. The predicted molar refractivity (Wildman–Crippen MR) is 64.8 cm³/mol. The SMILES string of the molecule is CC(C)(C)C(NC(=O)NCc1ncc[nH]1)C(=O)O. The van der Waals surface area contributed by atoms with Crippen molar-refractivity contribution in [3.8, 4) is 0 Å². The van der Waals surface area contributed by atoms with Crippen molar-refractivity contribution in [2.75, 3.05) is 0 Å². The number of carboxylic acids is 1. The zero-order valence-corrected chi connectivity index (χ0v) is 10.7. The van der Waals surface area contributed by atoms with E-state index in [2.05, 4.69) is 20.6 Å². The first kappa shape index (κ1) is 14.0. The Morgan fingerprint density at radius 1 is 1.50 bits per heavy atom. The van der Waals surface area contributed by atoms with Gasteiger partial charge in [0.25, 0.3) is 0 Å². The molecule has 7 nitrogen and oxygen atoms in total. The van der Waals surface area contributed by atoms with Gasteiger partial charge in [-0.3, -0.25) is 0 Å². The number of hydrogen-bond donors (Lipinski definition) is 4. The smallest absolute Gasteiger partial charge is 0.326 e. The maximum atomic E-state index is 11.6. The normalized spacial score (nSPS) is 12.8. The summed E-state index contributed by atoms with van der Waals surface area (Å²) in [5, 5.41) is 14.0. The molecule has 0 saturated carbocycles. The van der Waals surface area contributed by atoms with Gasteiger partial charge in [-0.2, -0.15) is 0 Å². The molecule has 7 heteroatoms. The highest BCUT2D eigenvalue weighted by Gasteiger charge is 2.32. The van der Waals surface area contributed by atoms with Gasteiger partial charge >= 0.3 is 12.0 Å². The summed E-state index contributed by atoms with van der Waals surface area (Å²) in [6.45, 7) is 5.46. The molecule has 0 aliphatic rings. The first-order valence-corrected chi connectivity index (χ1v) is 5.56. The zero-order chi connectivity index (χ0) is 13.8. The van der Waals surface area contributed by atoms with Crippen LogP contribution < -0.4 is 10.6 Å². The molecule has 0 spiro atoms. The van der Waals surface area contributed by atoms with E-state index in [4.69, 9.17) is 5.11 Å². The number of nitrogens with zero attached hydrogens (tertiary/aromatic N) is 1. The molecular weight excluding hydrogens is 236 g/mol. The average molecular weight is 254 g/mol. The molecule has 1 rings (SSSR count). The molecule has 0 saturated heterocycles. The molecule has 100 valence electrons. The Morgan fingerprint density at radius 2 is 2.17 bits per heavy atom. The van der Waals surface area contributed by atoms with E-state index >= 15 is 0 Å². The number of carbonyl (C=O) groups is 2. The lowest BCUT2D eigenvalue weighted by Gasteiger charge is -2.27. The minimum Gasteiger partial charge on any atom is -0.480 e. The lowest BCUT2D eigenvalue weighted by Crippen LogP contribution is -2.52. The summed E-state index contributed by atoms with van der Waals surface area (Å²) in [6, 6.07) is -1.48. The largest absolute Gasteiger partial charge is 0.480 e. The second-order valence-electron chi connectivity index (χ2n) is 5.00. The van der Waals surface area contributed by atoms with Crippen molar-refractivity contribution in [3.05, 3.63) is 18.2 Å². The number of carboxylic acid groups (broad SMARTS) is 1. The fourth-order valence-electron chi connectivity index (χ4n) is 1.39. The molecule has 18 heavy (non-hydrogen) atoms. The van der Waals surface area contributed by atoms with Crippen LogP contribution in [0.2, 0.25) is 0 Å². The van der Waals surface area contributed by atoms with Crippen molar-refractivity contribution in [1.29, 1.82) is 0 Å². The van der Waals surface area contributed by atoms with Crippen molar-refractivity contribution >= 4 is 12.0 Å². The minimum atomic E-state index is -1.06. The molecule has 0 aliphatic carbocycles. The number of rotatable bonds is 4. The Kier molecular flexibility index (Phi) is 4.30. The topological polar surface area (TPSA) is 107 Å². The third-order valence-corrected chi connectivity index (χ3v) is 2.36. The Morgan fingerprint density at radius 3 is 2.61 bits per heavy atom. The summed E-state index contributed by atoms with van der Waals surface area (Å²) in [5.74, 6) is -0.455. The highest BCUT2D eigenvalue weighted by Crippen LogP contribution is 2.19. The van der Waals surface area contributed by atoms with Gasteiger partial charge < -0.3 is 20.7 Å². The third kappa shape index (κ3) is 4.08. The first-order valence-electron chi connectivity index (χ1n) is 5.56. The number of carbonyl (C=O) groups excluding carboxylic acids is 1. The van der Waals surface area contributed by atoms with Crippen molar-refractivity contribution in [1.82, 2.24) is 20.6 Å². The quantitative estimate of drug-likeness (QED) is 0.634. The van der Waals surface area contributed by atoms with Gasteiger partial charge in [0.15, 0.2) is 0 Å². The molecule has 0 aromatic carbocycles. The van der Waals surface area contributed by atoms with Gasteiger partial charge in [-0.15, -0.1) is 0 Å². The maximum absolute atomic E-state index is 11.6. The van der Waals surface area contributed by atoms with Crippen molar-refractivity contribution in [3.63, 3.8) is 0 Å². The predicted octanol–water partition coefficient (Wildman–Crippen LogP) is 0.708. The number of amides is 2. The van der Waals surface area contributed by atoms with E-state index < -0.39 is 23.5 Å². The van der Waals surface area contributed by atoms with Gasteiger partial charge in [0.05, 0.1) is 6.54 Å². The summed E-state index contributed by atoms with van der Waals surface area (Å²) >= 11 is 0. The summed E-state index contributed by atoms with van der Waals surface area (Å²) in [4.78, 5) is 29.4. The summed E-state index contributed by atoms with van der Waals surface area (Å²) in [6.07, 6.45) is 3.22. The monoisotopic (exact) mass is 254 g/mol. The lowest BCUT2D eigenvalue weighted by molar-refractivity contribution is -0.141. The van der Waals surface area contributed by atoms with Crippen LogP contribution in [0.4, 0.5) is 4.79 Å². The van der Waals surface area contributed by atoms with Gasteiger partial charge in [-0.25, -0.2) is 14.6 Å². The van der Waals surface area contributed by atoms with Crippen LogP contribution in [0.15, 0.2) is 12.4 Å². The van der Waals surface area contributed by atoms with Crippen LogP contribution in [-0.2, 0) is 11.3 Å². The first-order chi connectivity index (χ1) is 8.30. The third-order valence-electron chi connectivity index (χ3n) is 2.36. The average Bonchev–Trinajstić information content (AvgIpc) is 2.73. The van der Waals surface area contributed by atoms with Gasteiger partial charge in [-0.1, -0.05) is 20.8 Å². The van der Waals surface area contributed by atoms with Crippen molar-refractivity contribution in [2.24, 2.45) is 5.41 Å². The van der Waals surface area contributed by atoms with Crippen LogP contribution in [-0.4, -0.2) is 33.1 Å². The van der Waals surface area contributed by atoms with E-state index in [1.54, 1.807) is 33.2 Å². The Labute approximate surface area is 105 Å². The van der Waals surface area contributed by atoms with E-state index in [-0.39, 0.29) is 6.54 Å². The van der Waals surface area contributed by atoms with Crippen LogP contribution in [0.25, 0.3) is 0 Å². The number of aliphatic carboxylic acids is 1. The van der Waals surface area contributed by atoms with E-state index in [1.807, 2.05) is 0 Å². The molecule has 1 atom stereocenters. The molecule has 1 heterocycles. The Bertz CT molecular complexity index is 408. The van der Waals surface area contributed by atoms with E-state index in [0.717, 1.165) is 0 Å². The number of imidazole rings is 1. The molecule has 0 fully saturated rings. The number of aromatic nitrogens is 2. The standard InChI is InChI=1S/C11H18N4O3/c1-11(2,3)8(9(16)17)15-10(18)14-6-7-12-4-5-13-7/h4-5,8H,6H2,1-3H3,(H,12,13)(H,16,17)(H2,14,15,18). The molecule has 0 aliphatic heterocycles. The van der Waals surface area contributed by atoms with Crippen LogP contribution in [0.3, 0.4) is 0 Å². The fraction of sp³-hybridized carbons (Fsp3) is 0.545. The number of aromatic amines is 1. The molecule has 2 amide bonds. The Hall–Kier alpha value is -2.05. The van der Waals surface area contributed by atoms with E-state index in [0.29, 0.717) is 5.82 Å². The number of nitrogens with one attached hydrogen (secondary N) is 3. The van der Waals surface area contributed by atoms with Crippen molar-refractivity contribution in [2.45, 2.75) is 33.4 Å². The molecule has 0 bridgehead atoms. The second kappa shape index (κ2) is 5.52. The van der Waals surface area contributed by atoms with Crippen LogP contribution in [0, 0.1) is 5.41 Å². The van der Waals surface area contributed by atoms with Crippen molar-refractivity contribution < 1.29 is 14.7 Å². The highest BCUT2D eigenvalue weighted by atomic mass is 16.4. The molecule has 1 unspecified atom stereocenters. The highest BCUT2D eigenvalue weighted by molar-refractivity contribution is 5.83. The molecule has 4 N–H and O–H groups in total. The van der Waals surface area contributed by atoms with Gasteiger partial charge in [0.2, 0.25) is 0 Å². The summed E-state index contributed by atoms with van der Waals surface area (Å²) in [5.41, 5.74) is -0.562. The second-order valence-corrected chi connectivity index (χ2v) is 5.00. The maximum Gasteiger partial charge on any atom is 0.326 e. The zero-order valence-electron chi connectivity index (χ0n) is 10.7. The van der Waals surface area contributed by atoms with Crippen LogP contribution in [0.1, 0.15) is 26.6 Å². The van der Waals surface area contributed by atoms with E-state index in [9.17, 15) is 9.59 Å². The van der Waals surface area contributed by atoms with Gasteiger partial charge in [-0.05, 0) is 5.41 Å². The summed E-state index contributed by atoms with van der Waals surface area (Å²) in [7, 11) is 0. The van der Waals surface area contributed by atoms with Gasteiger partial charge in [0, 0.05) is 12.4 Å². The fourth-order valence-corrected chi connectivity index (χ4v) is 1.39. The van der Waals surface area contributed by atoms with Crippen LogP contribution in [0.5, 0.6) is 0 Å². The molecule has 1 aromatic heterocycles. The number of H-pyrrole nitrogens is 1. The van der Waals surface area contributed by atoms with Gasteiger partial charge in [0.1, 0.15) is 11.9 Å². The number of urea groups is 1. The van der Waals surface area contributed by atoms with Crippen LogP contribution >= 0.6 is 0 Å². The number of hydrogen-bond acceptors (Lipinski definition) is 3. The summed E-state index contributed by atoms with van der Waals surface area (Å²) < 4.78 is 0. The lowest BCUT2D eigenvalue weighted by atomic mass is 9.87. The Balaban J connectivity index is 2.49. The minimum absolute atomic E-state index is 0.218. The molecule has 0 radical (unpaired) electrons. The van der Waals surface area contributed by atoms with E-state index in [1.165, 1.54) is 0 Å².